The van der Waals surface area contributed by atoms with E-state index in [-0.39, 0.29) is 11.9 Å². The predicted molar refractivity (Wildman–Crippen MR) is 56.5 cm³/mol. The van der Waals surface area contributed by atoms with Gasteiger partial charge in [-0.2, -0.15) is 0 Å². The number of halogens is 3. The van der Waals surface area contributed by atoms with Crippen molar-refractivity contribution in [2.45, 2.75) is 19.4 Å². The molecule has 1 nitrogen and oxygen atoms in total. The molecule has 0 radical (unpaired) electrons. The minimum Gasteiger partial charge on any atom is -0.328 e. The Morgan fingerprint density at radius 2 is 2.23 bits per heavy atom. The first-order chi connectivity index (χ1) is 6.02. The molecule has 0 amide bonds. The van der Waals surface area contributed by atoms with Gasteiger partial charge in [0.1, 0.15) is 5.82 Å². The van der Waals surface area contributed by atoms with Crippen LogP contribution in [0.4, 0.5) is 4.39 Å². The SMILES string of the molecule is CC(N)Cc1c(F)ccc(Br)c1Cl. The third kappa shape index (κ3) is 2.66. The van der Waals surface area contributed by atoms with E-state index in [9.17, 15) is 4.39 Å². The summed E-state index contributed by atoms with van der Waals surface area (Å²) in [5, 5.41) is 0.414. The van der Waals surface area contributed by atoms with Crippen molar-refractivity contribution in [1.29, 1.82) is 0 Å². The van der Waals surface area contributed by atoms with Crippen molar-refractivity contribution in [3.63, 3.8) is 0 Å². The lowest BCUT2D eigenvalue weighted by atomic mass is 10.1. The zero-order chi connectivity index (χ0) is 10.0. The molecule has 0 aromatic heterocycles. The van der Waals surface area contributed by atoms with Crippen LogP contribution in [-0.2, 0) is 6.42 Å². The smallest absolute Gasteiger partial charge is 0.128 e. The third-order valence-electron chi connectivity index (χ3n) is 1.67. The molecule has 0 saturated carbocycles. The average molecular weight is 267 g/mol. The van der Waals surface area contributed by atoms with Crippen molar-refractivity contribution in [1.82, 2.24) is 0 Å². The lowest BCUT2D eigenvalue weighted by Crippen LogP contribution is -2.18. The highest BCUT2D eigenvalue weighted by molar-refractivity contribution is 9.10. The highest BCUT2D eigenvalue weighted by atomic mass is 79.9. The van der Waals surface area contributed by atoms with E-state index in [1.807, 2.05) is 6.92 Å². The van der Waals surface area contributed by atoms with Gasteiger partial charge < -0.3 is 5.73 Å². The molecule has 0 fully saturated rings. The fourth-order valence-corrected chi connectivity index (χ4v) is 1.68. The van der Waals surface area contributed by atoms with Crippen LogP contribution in [0.3, 0.4) is 0 Å². The number of nitrogens with two attached hydrogens (primary N) is 1. The van der Waals surface area contributed by atoms with Crippen LogP contribution in [0.1, 0.15) is 12.5 Å². The van der Waals surface area contributed by atoms with E-state index in [2.05, 4.69) is 15.9 Å². The highest BCUT2D eigenvalue weighted by Crippen LogP contribution is 2.28. The van der Waals surface area contributed by atoms with Gasteiger partial charge in [0, 0.05) is 16.1 Å². The molecule has 0 aliphatic carbocycles. The van der Waals surface area contributed by atoms with Crippen LogP contribution in [0.25, 0.3) is 0 Å². The summed E-state index contributed by atoms with van der Waals surface area (Å²) in [6.07, 6.45) is 0.449. The molecule has 0 heterocycles. The van der Waals surface area contributed by atoms with Gasteiger partial charge in [-0.25, -0.2) is 4.39 Å². The van der Waals surface area contributed by atoms with Crippen molar-refractivity contribution in [3.05, 3.63) is 33.0 Å². The fourth-order valence-electron chi connectivity index (χ4n) is 1.08. The molecule has 2 N–H and O–H groups in total. The molecule has 1 unspecified atom stereocenters. The van der Waals surface area contributed by atoms with E-state index in [4.69, 9.17) is 17.3 Å². The summed E-state index contributed by atoms with van der Waals surface area (Å²) in [7, 11) is 0. The third-order valence-corrected chi connectivity index (χ3v) is 2.99. The van der Waals surface area contributed by atoms with E-state index in [1.165, 1.54) is 6.07 Å². The Morgan fingerprint density at radius 1 is 1.62 bits per heavy atom. The lowest BCUT2D eigenvalue weighted by molar-refractivity contribution is 0.596. The van der Waals surface area contributed by atoms with Crippen molar-refractivity contribution >= 4 is 27.5 Å². The maximum absolute atomic E-state index is 13.2. The van der Waals surface area contributed by atoms with E-state index < -0.39 is 0 Å². The summed E-state index contributed by atoms with van der Waals surface area (Å²) in [5.74, 6) is -0.300. The van der Waals surface area contributed by atoms with Gasteiger partial charge in [0.25, 0.3) is 0 Å². The van der Waals surface area contributed by atoms with Gasteiger partial charge in [0.15, 0.2) is 0 Å². The Hall–Kier alpha value is -0.120. The number of benzene rings is 1. The summed E-state index contributed by atoms with van der Waals surface area (Å²) in [4.78, 5) is 0. The molecular formula is C9H10BrClFN. The molecule has 0 aliphatic rings. The molecule has 0 spiro atoms. The summed E-state index contributed by atoms with van der Waals surface area (Å²) in [5.41, 5.74) is 6.05. The molecule has 72 valence electrons. The average Bonchev–Trinajstić information content (AvgIpc) is 2.05. The van der Waals surface area contributed by atoms with Crippen molar-refractivity contribution < 1.29 is 4.39 Å². The minimum absolute atomic E-state index is 0.0960. The molecular weight excluding hydrogens is 256 g/mol. The zero-order valence-corrected chi connectivity index (χ0v) is 9.49. The van der Waals surface area contributed by atoms with Gasteiger partial charge in [-0.3, -0.25) is 0 Å². The maximum atomic E-state index is 13.2. The van der Waals surface area contributed by atoms with E-state index in [1.54, 1.807) is 6.07 Å². The number of rotatable bonds is 2. The minimum atomic E-state index is -0.300. The van der Waals surface area contributed by atoms with Crippen LogP contribution in [0.2, 0.25) is 5.02 Å². The summed E-state index contributed by atoms with van der Waals surface area (Å²) in [6, 6.07) is 2.87. The second-order valence-electron chi connectivity index (χ2n) is 3.00. The molecule has 0 bridgehead atoms. The fraction of sp³-hybridized carbons (Fsp3) is 0.333. The van der Waals surface area contributed by atoms with Gasteiger partial charge in [-0.15, -0.1) is 0 Å². The van der Waals surface area contributed by atoms with E-state index in [0.29, 0.717) is 21.5 Å². The van der Waals surface area contributed by atoms with Crippen molar-refractivity contribution in [2.24, 2.45) is 5.73 Å². The molecule has 13 heavy (non-hydrogen) atoms. The van der Waals surface area contributed by atoms with Gasteiger partial charge >= 0.3 is 0 Å². The highest BCUT2D eigenvalue weighted by Gasteiger charge is 2.11. The molecule has 1 aromatic carbocycles. The molecule has 0 saturated heterocycles. The Labute approximate surface area is 90.2 Å². The van der Waals surface area contributed by atoms with Crippen molar-refractivity contribution in [3.8, 4) is 0 Å². The lowest BCUT2D eigenvalue weighted by Gasteiger charge is -2.09. The predicted octanol–water partition coefficient (Wildman–Crippen LogP) is 3.13. The van der Waals surface area contributed by atoms with Crippen LogP contribution in [0, 0.1) is 5.82 Å². The Morgan fingerprint density at radius 3 is 2.77 bits per heavy atom. The van der Waals surface area contributed by atoms with Crippen LogP contribution in [0.5, 0.6) is 0 Å². The van der Waals surface area contributed by atoms with Gasteiger partial charge in [0.05, 0.1) is 5.02 Å². The summed E-state index contributed by atoms with van der Waals surface area (Å²) in [6.45, 7) is 1.82. The van der Waals surface area contributed by atoms with Gasteiger partial charge in [0.2, 0.25) is 0 Å². The second kappa shape index (κ2) is 4.40. The van der Waals surface area contributed by atoms with Crippen LogP contribution in [0.15, 0.2) is 16.6 Å². The van der Waals surface area contributed by atoms with Crippen molar-refractivity contribution in [2.75, 3.05) is 0 Å². The summed E-state index contributed by atoms with van der Waals surface area (Å²) < 4.78 is 13.9. The standard InChI is InChI=1S/C9H10BrClFN/c1-5(13)4-6-8(12)3-2-7(10)9(6)11/h2-3,5H,4,13H2,1H3. The normalized spacial score (nSPS) is 13.0. The molecule has 1 aromatic rings. The Kier molecular flexibility index (Phi) is 3.71. The first kappa shape index (κ1) is 11.0. The monoisotopic (exact) mass is 265 g/mol. The maximum Gasteiger partial charge on any atom is 0.128 e. The van der Waals surface area contributed by atoms with E-state index >= 15 is 0 Å². The molecule has 4 heteroatoms. The number of hydrogen-bond acceptors (Lipinski definition) is 1. The first-order valence-electron chi connectivity index (χ1n) is 3.90. The largest absolute Gasteiger partial charge is 0.328 e. The van der Waals surface area contributed by atoms with Crippen LogP contribution < -0.4 is 5.73 Å². The molecule has 1 atom stereocenters. The topological polar surface area (TPSA) is 26.0 Å². The van der Waals surface area contributed by atoms with Gasteiger partial charge in [-0.05, 0) is 41.4 Å². The zero-order valence-electron chi connectivity index (χ0n) is 7.15. The van der Waals surface area contributed by atoms with Gasteiger partial charge in [-0.1, -0.05) is 11.6 Å². The Bertz CT molecular complexity index is 315. The summed E-state index contributed by atoms with van der Waals surface area (Å²) >= 11 is 9.13. The van der Waals surface area contributed by atoms with Crippen LogP contribution in [-0.4, -0.2) is 6.04 Å². The van der Waals surface area contributed by atoms with Crippen LogP contribution >= 0.6 is 27.5 Å². The second-order valence-corrected chi connectivity index (χ2v) is 4.24. The number of hydrogen-bond donors (Lipinski definition) is 1. The molecule has 1 rings (SSSR count). The Balaban J connectivity index is 3.10. The first-order valence-corrected chi connectivity index (χ1v) is 5.07. The quantitative estimate of drug-likeness (QED) is 0.818. The van der Waals surface area contributed by atoms with E-state index in [0.717, 1.165) is 0 Å². The molecule has 0 aliphatic heterocycles.